The van der Waals surface area contributed by atoms with Gasteiger partial charge in [0.05, 0.1) is 24.3 Å². The standard InChI is InChI=1S/C29H28F2N4O7/c1-17-5-8-23(35-26(37)28(9-10-28)20-6-7-21-22(16-20)42-29(30,31)41-21)34-24(17)18-3-2-4-19(15-18)25(36)32-11-13-40-14-12-33-27(38)39/h2-8,15-16,33H,9-14H2,1H3,(H,32,36)(H,38,39)(H,34,35,37). The first-order chi connectivity index (χ1) is 20.1. The van der Waals surface area contributed by atoms with Gasteiger partial charge in [-0.05, 0) is 61.2 Å². The van der Waals surface area contributed by atoms with Crippen LogP contribution in [0.2, 0.25) is 0 Å². The smallest absolute Gasteiger partial charge is 0.465 e. The predicted octanol–water partition coefficient (Wildman–Crippen LogP) is 4.06. The number of hydrogen-bond donors (Lipinski definition) is 4. The highest BCUT2D eigenvalue weighted by molar-refractivity contribution is 6.01. The maximum atomic E-state index is 13.5. The van der Waals surface area contributed by atoms with Gasteiger partial charge >= 0.3 is 12.4 Å². The molecule has 2 heterocycles. The van der Waals surface area contributed by atoms with Gasteiger partial charge in [-0.1, -0.05) is 24.3 Å². The Labute approximate surface area is 239 Å². The Morgan fingerprint density at radius 1 is 0.976 bits per heavy atom. The Kier molecular flexibility index (Phi) is 7.94. The molecule has 1 aliphatic carbocycles. The number of carbonyl (C=O) groups excluding carboxylic acids is 2. The predicted molar refractivity (Wildman–Crippen MR) is 146 cm³/mol. The zero-order valence-electron chi connectivity index (χ0n) is 22.5. The van der Waals surface area contributed by atoms with Crippen molar-refractivity contribution in [2.24, 2.45) is 0 Å². The lowest BCUT2D eigenvalue weighted by atomic mass is 9.94. The summed E-state index contributed by atoms with van der Waals surface area (Å²) < 4.78 is 41.2. The van der Waals surface area contributed by atoms with Crippen LogP contribution in [0.4, 0.5) is 19.4 Å². The van der Waals surface area contributed by atoms with Gasteiger partial charge in [-0.2, -0.15) is 0 Å². The van der Waals surface area contributed by atoms with Crippen LogP contribution in [-0.2, 0) is 14.9 Å². The molecule has 0 atom stereocenters. The molecule has 0 radical (unpaired) electrons. The number of carboxylic acid groups (broad SMARTS) is 1. The first kappa shape index (κ1) is 28.7. The molecule has 1 saturated carbocycles. The van der Waals surface area contributed by atoms with Crippen LogP contribution in [0.1, 0.15) is 34.3 Å². The fourth-order valence-electron chi connectivity index (χ4n) is 4.62. The summed E-state index contributed by atoms with van der Waals surface area (Å²) in [5.74, 6) is -0.521. The summed E-state index contributed by atoms with van der Waals surface area (Å²) in [5.41, 5.74) is 2.13. The summed E-state index contributed by atoms with van der Waals surface area (Å²) in [6.07, 6.45) is -3.80. The number of aromatic nitrogens is 1. The molecule has 3 amide bonds. The third-order valence-corrected chi connectivity index (χ3v) is 6.93. The molecule has 1 fully saturated rings. The van der Waals surface area contributed by atoms with E-state index >= 15 is 0 Å². The summed E-state index contributed by atoms with van der Waals surface area (Å²) in [7, 11) is 0. The minimum Gasteiger partial charge on any atom is -0.465 e. The SMILES string of the molecule is Cc1ccc(NC(=O)C2(c3ccc4c(c3)OC(F)(F)O4)CC2)nc1-c1cccc(C(=O)NCCOCCNC(=O)O)c1. The molecular weight excluding hydrogens is 554 g/mol. The molecule has 0 saturated heterocycles. The van der Waals surface area contributed by atoms with Crippen molar-refractivity contribution >= 4 is 23.7 Å². The van der Waals surface area contributed by atoms with Gasteiger partial charge in [0, 0.05) is 24.2 Å². The van der Waals surface area contributed by atoms with E-state index in [0.717, 1.165) is 5.56 Å². The van der Waals surface area contributed by atoms with Gasteiger partial charge in [0.2, 0.25) is 5.91 Å². The summed E-state index contributed by atoms with van der Waals surface area (Å²) in [6.45, 7) is 2.66. The molecule has 42 heavy (non-hydrogen) atoms. The fourth-order valence-corrected chi connectivity index (χ4v) is 4.62. The monoisotopic (exact) mass is 582 g/mol. The number of halogens is 2. The van der Waals surface area contributed by atoms with Crippen LogP contribution in [0.15, 0.2) is 54.6 Å². The third kappa shape index (κ3) is 6.41. The Morgan fingerprint density at radius 2 is 1.71 bits per heavy atom. The highest BCUT2D eigenvalue weighted by Crippen LogP contribution is 2.52. The summed E-state index contributed by atoms with van der Waals surface area (Å²) >= 11 is 0. The molecule has 2 aromatic carbocycles. The van der Waals surface area contributed by atoms with Gasteiger partial charge in [0.1, 0.15) is 5.82 Å². The summed E-state index contributed by atoms with van der Waals surface area (Å²) in [4.78, 5) is 41.1. The van der Waals surface area contributed by atoms with Crippen molar-refractivity contribution in [1.82, 2.24) is 15.6 Å². The van der Waals surface area contributed by atoms with Crippen LogP contribution in [0, 0.1) is 6.92 Å². The molecule has 1 aromatic heterocycles. The highest BCUT2D eigenvalue weighted by atomic mass is 19.3. The summed E-state index contributed by atoms with van der Waals surface area (Å²) in [6, 6.07) is 14.7. The number of amides is 3. The van der Waals surface area contributed by atoms with Crippen LogP contribution < -0.4 is 25.4 Å². The minimum absolute atomic E-state index is 0.0837. The van der Waals surface area contributed by atoms with Crippen molar-refractivity contribution in [2.45, 2.75) is 31.5 Å². The van der Waals surface area contributed by atoms with E-state index in [2.05, 4.69) is 30.4 Å². The van der Waals surface area contributed by atoms with E-state index in [4.69, 9.17) is 9.84 Å². The van der Waals surface area contributed by atoms with Gasteiger partial charge in [0.25, 0.3) is 5.91 Å². The summed E-state index contributed by atoms with van der Waals surface area (Å²) in [5, 5.41) is 16.3. The number of anilines is 1. The van der Waals surface area contributed by atoms with Crippen LogP contribution in [0.3, 0.4) is 0 Å². The third-order valence-electron chi connectivity index (χ3n) is 6.93. The van der Waals surface area contributed by atoms with E-state index in [1.165, 1.54) is 12.1 Å². The number of aryl methyl sites for hydroxylation is 1. The zero-order chi connectivity index (χ0) is 29.9. The second-order valence-corrected chi connectivity index (χ2v) is 9.91. The van der Waals surface area contributed by atoms with Gasteiger partial charge in [-0.25, -0.2) is 9.78 Å². The lowest BCUT2D eigenvalue weighted by molar-refractivity contribution is -0.286. The molecule has 0 unspecified atom stereocenters. The topological polar surface area (TPSA) is 148 Å². The molecule has 1 aliphatic heterocycles. The molecule has 0 spiro atoms. The Hall–Kier alpha value is -4.78. The quantitative estimate of drug-likeness (QED) is 0.248. The largest absolute Gasteiger partial charge is 0.586 e. The van der Waals surface area contributed by atoms with Gasteiger partial charge in [0.15, 0.2) is 11.5 Å². The van der Waals surface area contributed by atoms with Crippen LogP contribution in [-0.4, -0.2) is 60.6 Å². The lowest BCUT2D eigenvalue weighted by Gasteiger charge is -2.17. The molecule has 0 bridgehead atoms. The lowest BCUT2D eigenvalue weighted by Crippen LogP contribution is -2.29. The van der Waals surface area contributed by atoms with E-state index in [-0.39, 0.29) is 49.6 Å². The van der Waals surface area contributed by atoms with Crippen molar-refractivity contribution in [3.05, 3.63) is 71.3 Å². The molecule has 3 aromatic rings. The normalized spacial score (nSPS) is 15.5. The second kappa shape index (κ2) is 11.6. The van der Waals surface area contributed by atoms with Crippen molar-refractivity contribution in [3.8, 4) is 22.8 Å². The maximum absolute atomic E-state index is 13.5. The van der Waals surface area contributed by atoms with E-state index < -0.39 is 17.8 Å². The molecule has 5 rings (SSSR count). The Balaban J connectivity index is 1.23. The van der Waals surface area contributed by atoms with Gasteiger partial charge in [-0.3, -0.25) is 9.59 Å². The van der Waals surface area contributed by atoms with E-state index in [9.17, 15) is 23.2 Å². The van der Waals surface area contributed by atoms with Crippen molar-refractivity contribution in [1.29, 1.82) is 0 Å². The van der Waals surface area contributed by atoms with E-state index in [0.29, 0.717) is 41.0 Å². The number of benzene rings is 2. The number of ether oxygens (including phenoxy) is 3. The van der Waals surface area contributed by atoms with Crippen LogP contribution in [0.25, 0.3) is 11.3 Å². The number of nitrogens with one attached hydrogen (secondary N) is 3. The maximum Gasteiger partial charge on any atom is 0.586 e. The van der Waals surface area contributed by atoms with Crippen molar-refractivity contribution < 1.29 is 42.5 Å². The van der Waals surface area contributed by atoms with E-state index in [1.54, 1.807) is 36.4 Å². The first-order valence-corrected chi connectivity index (χ1v) is 13.2. The number of pyridine rings is 1. The molecule has 2 aliphatic rings. The minimum atomic E-state index is -3.74. The average molecular weight is 583 g/mol. The van der Waals surface area contributed by atoms with E-state index in [1.807, 2.05) is 13.0 Å². The number of alkyl halides is 2. The molecular formula is C29H28F2N4O7. The van der Waals surface area contributed by atoms with Crippen molar-refractivity contribution in [2.75, 3.05) is 31.6 Å². The average Bonchev–Trinajstić information content (AvgIpc) is 3.70. The van der Waals surface area contributed by atoms with Crippen LogP contribution >= 0.6 is 0 Å². The van der Waals surface area contributed by atoms with Crippen LogP contribution in [0.5, 0.6) is 11.5 Å². The molecule has 4 N–H and O–H groups in total. The van der Waals surface area contributed by atoms with Gasteiger partial charge < -0.3 is 35.3 Å². The first-order valence-electron chi connectivity index (χ1n) is 13.2. The number of hydrogen-bond acceptors (Lipinski definition) is 7. The molecule has 13 heteroatoms. The number of carbonyl (C=O) groups is 3. The highest BCUT2D eigenvalue weighted by Gasteiger charge is 2.53. The number of fused-ring (bicyclic) bond motifs is 1. The Bertz CT molecular complexity index is 1530. The number of nitrogens with zero attached hydrogens (tertiary/aromatic N) is 1. The molecule has 220 valence electrons. The second-order valence-electron chi connectivity index (χ2n) is 9.91. The fraction of sp³-hybridized carbons (Fsp3) is 0.310. The Morgan fingerprint density at radius 3 is 2.45 bits per heavy atom. The number of rotatable bonds is 11. The van der Waals surface area contributed by atoms with Gasteiger partial charge in [-0.15, -0.1) is 8.78 Å². The van der Waals surface area contributed by atoms with Crippen molar-refractivity contribution in [3.63, 3.8) is 0 Å². The molecule has 11 nitrogen and oxygen atoms in total. The zero-order valence-corrected chi connectivity index (χ0v) is 22.5.